The molecule has 10 heteroatoms. The van der Waals surface area contributed by atoms with Crippen LogP contribution in [0.5, 0.6) is 11.8 Å². The number of aromatic nitrogens is 2. The van der Waals surface area contributed by atoms with Crippen LogP contribution >= 0.6 is 0 Å². The molecule has 9 rings (SSSR count). The Kier molecular flexibility index (Phi) is 7.05. The number of ether oxygens (including phenoxy) is 2. The number of rotatable bonds is 7. The van der Waals surface area contributed by atoms with E-state index in [2.05, 4.69) is 21.0 Å². The van der Waals surface area contributed by atoms with Crippen molar-refractivity contribution in [1.82, 2.24) is 20.2 Å². The van der Waals surface area contributed by atoms with Crippen molar-refractivity contribution in [2.75, 3.05) is 44.4 Å². The minimum absolute atomic E-state index is 0.0218. The molecule has 0 radical (unpaired) electrons. The Hall–Kier alpha value is -4.04. The molecule has 1 aromatic heterocycles. The Morgan fingerprint density at radius 2 is 1.81 bits per heavy atom. The Labute approximate surface area is 278 Å². The number of morpholine rings is 1. The number of hydrogen-bond acceptors (Lipinski definition) is 8. The van der Waals surface area contributed by atoms with E-state index in [9.17, 15) is 9.50 Å². The van der Waals surface area contributed by atoms with E-state index in [1.165, 1.54) is 31.0 Å². The number of fused-ring (bicyclic) bond motifs is 6. The van der Waals surface area contributed by atoms with Crippen LogP contribution in [0.2, 0.25) is 0 Å². The van der Waals surface area contributed by atoms with Crippen molar-refractivity contribution in [3.8, 4) is 35.2 Å². The zero-order chi connectivity index (χ0) is 32.7. The number of halogens is 2. The van der Waals surface area contributed by atoms with E-state index in [1.807, 2.05) is 13.0 Å². The van der Waals surface area contributed by atoms with Gasteiger partial charge < -0.3 is 24.8 Å². The van der Waals surface area contributed by atoms with Crippen LogP contribution in [0.1, 0.15) is 49.7 Å². The quantitative estimate of drug-likeness (QED) is 0.247. The summed E-state index contributed by atoms with van der Waals surface area (Å²) < 4.78 is 44.4. The fourth-order valence-corrected chi connectivity index (χ4v) is 8.79. The second kappa shape index (κ2) is 11.3. The van der Waals surface area contributed by atoms with Crippen molar-refractivity contribution in [2.45, 2.75) is 69.6 Å². The molecular weight excluding hydrogens is 612 g/mol. The molecule has 0 spiro atoms. The van der Waals surface area contributed by atoms with Gasteiger partial charge in [-0.15, -0.1) is 6.42 Å². The van der Waals surface area contributed by atoms with Gasteiger partial charge in [0.05, 0.1) is 25.4 Å². The van der Waals surface area contributed by atoms with E-state index in [4.69, 9.17) is 25.9 Å². The third kappa shape index (κ3) is 4.97. The van der Waals surface area contributed by atoms with Gasteiger partial charge in [-0.25, -0.2) is 8.78 Å². The van der Waals surface area contributed by atoms with Crippen LogP contribution < -0.4 is 15.0 Å². The number of hydrogen-bond donors (Lipinski definition) is 2. The molecule has 1 aliphatic carbocycles. The molecule has 4 saturated heterocycles. The number of nitrogens with one attached hydrogen (secondary N) is 1. The summed E-state index contributed by atoms with van der Waals surface area (Å²) >= 11 is 0. The van der Waals surface area contributed by atoms with Gasteiger partial charge in [-0.1, -0.05) is 12.0 Å². The molecule has 4 atom stereocenters. The lowest BCUT2D eigenvalue weighted by Crippen LogP contribution is -2.51. The number of benzene rings is 3. The second-order valence-corrected chi connectivity index (χ2v) is 14.7. The lowest BCUT2D eigenvalue weighted by Gasteiger charge is -2.37. The normalized spacial score (nSPS) is 25.9. The van der Waals surface area contributed by atoms with Crippen molar-refractivity contribution in [3.05, 3.63) is 53.1 Å². The maximum atomic E-state index is 17.2. The highest BCUT2D eigenvalue weighted by Crippen LogP contribution is 2.49. The second-order valence-electron chi connectivity index (χ2n) is 14.7. The molecule has 3 aromatic carbocycles. The number of phenols is 1. The first-order valence-corrected chi connectivity index (χ1v) is 17.2. The monoisotopic (exact) mass is 651 g/mol. The molecule has 248 valence electrons. The number of terminal acetylenes is 1. The lowest BCUT2D eigenvalue weighted by atomic mass is 9.90. The lowest BCUT2D eigenvalue weighted by molar-refractivity contribution is -0.0271. The van der Waals surface area contributed by atoms with Gasteiger partial charge in [0, 0.05) is 65.6 Å². The van der Waals surface area contributed by atoms with Gasteiger partial charge in [-0.3, -0.25) is 4.90 Å². The molecule has 48 heavy (non-hydrogen) atoms. The molecule has 4 unspecified atom stereocenters. The topological polar surface area (TPSA) is 83.0 Å². The number of nitrogens with zero attached hydrogens (tertiary/aromatic N) is 4. The third-order valence-electron chi connectivity index (χ3n) is 11.4. The zero-order valence-corrected chi connectivity index (χ0v) is 27.1. The molecule has 0 amide bonds. The summed E-state index contributed by atoms with van der Waals surface area (Å²) in [5.41, 5.74) is 1.31. The molecule has 2 N–H and O–H groups in total. The van der Waals surface area contributed by atoms with Crippen molar-refractivity contribution in [2.24, 2.45) is 5.41 Å². The molecule has 4 aliphatic heterocycles. The van der Waals surface area contributed by atoms with Gasteiger partial charge in [0.1, 0.15) is 22.9 Å². The molecular formula is C38H39F2N5O3. The summed E-state index contributed by atoms with van der Waals surface area (Å²) in [6.45, 7) is 6.35. The van der Waals surface area contributed by atoms with Crippen molar-refractivity contribution < 1.29 is 23.4 Å². The van der Waals surface area contributed by atoms with Gasteiger partial charge in [0.15, 0.2) is 5.82 Å². The van der Waals surface area contributed by atoms with Crippen LogP contribution in [0.15, 0.2) is 30.3 Å². The SMILES string of the molecule is C#Cc1c(F)ccc2cc(O)cc(-c3c(C)cc4c(N5CC6CCC(C5)N6)nc(OCC5(CN6C7CCC6COC7)CC5)nc4c3F)c12. The maximum absolute atomic E-state index is 17.2. The largest absolute Gasteiger partial charge is 0.508 e. The number of anilines is 1. The van der Waals surface area contributed by atoms with Gasteiger partial charge in [-0.05, 0) is 86.2 Å². The van der Waals surface area contributed by atoms with E-state index in [0.717, 1.165) is 58.5 Å². The van der Waals surface area contributed by atoms with Gasteiger partial charge in [0.25, 0.3) is 0 Å². The molecule has 1 saturated carbocycles. The average molecular weight is 652 g/mol. The first-order chi connectivity index (χ1) is 23.3. The summed E-state index contributed by atoms with van der Waals surface area (Å²) in [4.78, 5) is 14.6. The first kappa shape index (κ1) is 30.1. The number of piperazine rings is 1. The predicted octanol–water partition coefficient (Wildman–Crippen LogP) is 5.69. The van der Waals surface area contributed by atoms with Gasteiger partial charge in [-0.2, -0.15) is 9.97 Å². The molecule has 5 aliphatic rings. The van der Waals surface area contributed by atoms with E-state index in [-0.39, 0.29) is 33.8 Å². The summed E-state index contributed by atoms with van der Waals surface area (Å²) in [5, 5.41) is 15.8. The molecule has 5 fully saturated rings. The molecule has 8 nitrogen and oxygen atoms in total. The fraction of sp³-hybridized carbons (Fsp3) is 0.474. The van der Waals surface area contributed by atoms with Crippen LogP contribution in [0.4, 0.5) is 14.6 Å². The van der Waals surface area contributed by atoms with Crippen LogP contribution in [0.25, 0.3) is 32.8 Å². The average Bonchev–Trinajstić information content (AvgIpc) is 3.72. The molecule has 5 heterocycles. The van der Waals surface area contributed by atoms with Gasteiger partial charge in [0.2, 0.25) is 0 Å². The zero-order valence-electron chi connectivity index (χ0n) is 27.1. The van der Waals surface area contributed by atoms with Gasteiger partial charge >= 0.3 is 6.01 Å². The summed E-state index contributed by atoms with van der Waals surface area (Å²) in [5.74, 6) is 1.88. The van der Waals surface area contributed by atoms with Crippen molar-refractivity contribution in [3.63, 3.8) is 0 Å². The van der Waals surface area contributed by atoms with Crippen LogP contribution in [0.3, 0.4) is 0 Å². The Morgan fingerprint density at radius 1 is 1.06 bits per heavy atom. The third-order valence-corrected chi connectivity index (χ3v) is 11.4. The Balaban J connectivity index is 1.14. The summed E-state index contributed by atoms with van der Waals surface area (Å²) in [6.07, 6.45) is 12.4. The molecule has 4 bridgehead atoms. The number of aryl methyl sites for hydroxylation is 1. The van der Waals surface area contributed by atoms with E-state index in [0.29, 0.717) is 63.9 Å². The Morgan fingerprint density at radius 3 is 2.52 bits per heavy atom. The van der Waals surface area contributed by atoms with Crippen LogP contribution in [-0.4, -0.2) is 83.6 Å². The predicted molar refractivity (Wildman–Crippen MR) is 180 cm³/mol. The van der Waals surface area contributed by atoms with Crippen LogP contribution in [-0.2, 0) is 4.74 Å². The standard InChI is InChI=1S/C38H39F2N5O3/c1-3-28-31(39)9-4-22-13-27(46)14-29(33(22)28)32-21(2)12-30-35(34(32)40)42-37(43-36(30)44-15-23-5-6-24(16-44)41-23)48-20-38(10-11-38)19-45-25-7-8-26(45)18-47-17-25/h1,4,9,12-14,23-26,41,46H,5-8,10-11,15-20H2,2H3. The maximum Gasteiger partial charge on any atom is 0.319 e. The molecule has 4 aromatic rings. The van der Waals surface area contributed by atoms with E-state index >= 15 is 4.39 Å². The smallest absolute Gasteiger partial charge is 0.319 e. The first-order valence-electron chi connectivity index (χ1n) is 17.2. The number of phenolic OH excluding ortho intramolecular Hbond substituents is 1. The minimum atomic E-state index is -0.582. The fourth-order valence-electron chi connectivity index (χ4n) is 8.79. The Bertz CT molecular complexity index is 1980. The van der Waals surface area contributed by atoms with E-state index < -0.39 is 11.6 Å². The highest BCUT2D eigenvalue weighted by molar-refractivity contribution is 6.05. The van der Waals surface area contributed by atoms with Crippen molar-refractivity contribution in [1.29, 1.82) is 0 Å². The van der Waals surface area contributed by atoms with Crippen molar-refractivity contribution >= 4 is 27.5 Å². The minimum Gasteiger partial charge on any atom is -0.508 e. The summed E-state index contributed by atoms with van der Waals surface area (Å²) in [6, 6.07) is 9.46. The highest BCUT2D eigenvalue weighted by Gasteiger charge is 2.49. The summed E-state index contributed by atoms with van der Waals surface area (Å²) in [7, 11) is 0. The van der Waals surface area contributed by atoms with E-state index in [1.54, 1.807) is 6.07 Å². The number of aromatic hydroxyl groups is 1. The van der Waals surface area contributed by atoms with Crippen LogP contribution in [0, 0.1) is 36.3 Å². The highest BCUT2D eigenvalue weighted by atomic mass is 19.1.